The van der Waals surface area contributed by atoms with E-state index in [4.69, 9.17) is 10.5 Å². The topological polar surface area (TPSA) is 38.5 Å². The molecule has 0 bridgehead atoms. The van der Waals surface area contributed by atoms with Gasteiger partial charge in [-0.15, -0.1) is 0 Å². The van der Waals surface area contributed by atoms with Gasteiger partial charge in [-0.3, -0.25) is 4.90 Å². The van der Waals surface area contributed by atoms with Crippen LogP contribution < -0.4 is 5.73 Å². The summed E-state index contributed by atoms with van der Waals surface area (Å²) in [7, 11) is 1.77. The van der Waals surface area contributed by atoms with Gasteiger partial charge in [0.2, 0.25) is 0 Å². The molecule has 0 atom stereocenters. The average molecular weight is 278 g/mol. The molecule has 1 rings (SSSR count). The number of nitrogens with zero attached hydrogens (tertiary/aromatic N) is 1. The molecule has 0 aromatic heterocycles. The maximum Gasteiger partial charge on any atom is 0.0589 e. The molecule has 0 aliphatic heterocycles. The zero-order valence-electron chi connectivity index (χ0n) is 13.5. The van der Waals surface area contributed by atoms with E-state index >= 15 is 0 Å². The van der Waals surface area contributed by atoms with E-state index in [2.05, 4.69) is 43.9 Å². The van der Waals surface area contributed by atoms with Gasteiger partial charge in [-0.05, 0) is 36.5 Å². The van der Waals surface area contributed by atoms with E-state index in [1.165, 1.54) is 29.5 Å². The van der Waals surface area contributed by atoms with Crippen LogP contribution in [0, 0.1) is 6.92 Å². The minimum atomic E-state index is 0.612. The highest BCUT2D eigenvalue weighted by molar-refractivity contribution is 5.31. The molecule has 0 aliphatic carbocycles. The van der Waals surface area contributed by atoms with Crippen molar-refractivity contribution in [3.8, 4) is 0 Å². The molecule has 0 fully saturated rings. The molecule has 1 aromatic carbocycles. The van der Waals surface area contributed by atoms with Gasteiger partial charge in [0.15, 0.2) is 0 Å². The van der Waals surface area contributed by atoms with Crippen molar-refractivity contribution < 1.29 is 4.74 Å². The zero-order valence-corrected chi connectivity index (χ0v) is 13.5. The van der Waals surface area contributed by atoms with Gasteiger partial charge >= 0.3 is 0 Å². The first-order valence-electron chi connectivity index (χ1n) is 7.67. The van der Waals surface area contributed by atoms with Crippen molar-refractivity contribution >= 4 is 0 Å². The Hall–Kier alpha value is -0.900. The maximum atomic E-state index is 5.70. The van der Waals surface area contributed by atoms with Crippen molar-refractivity contribution in [1.29, 1.82) is 0 Å². The lowest BCUT2D eigenvalue weighted by Gasteiger charge is -2.30. The molecular weight excluding hydrogens is 248 g/mol. The highest BCUT2D eigenvalue weighted by atomic mass is 16.5. The van der Waals surface area contributed by atoms with Crippen molar-refractivity contribution in [1.82, 2.24) is 4.90 Å². The summed E-state index contributed by atoms with van der Waals surface area (Å²) in [5.41, 5.74) is 9.63. The Morgan fingerprint density at radius 2 is 1.95 bits per heavy atom. The van der Waals surface area contributed by atoms with Gasteiger partial charge in [0, 0.05) is 32.8 Å². The van der Waals surface area contributed by atoms with Crippen LogP contribution in [0.15, 0.2) is 18.2 Å². The van der Waals surface area contributed by atoms with E-state index in [0.717, 1.165) is 19.7 Å². The summed E-state index contributed by atoms with van der Waals surface area (Å²) in [4.78, 5) is 2.54. The molecule has 3 heteroatoms. The summed E-state index contributed by atoms with van der Waals surface area (Å²) in [5.74, 6) is 0. The van der Waals surface area contributed by atoms with Gasteiger partial charge in [0.25, 0.3) is 0 Å². The molecule has 1 aromatic rings. The first-order chi connectivity index (χ1) is 9.65. The molecule has 0 amide bonds. The van der Waals surface area contributed by atoms with E-state index in [9.17, 15) is 0 Å². The van der Waals surface area contributed by atoms with Gasteiger partial charge in [-0.1, -0.05) is 32.0 Å². The predicted molar refractivity (Wildman–Crippen MR) is 85.7 cm³/mol. The molecule has 0 heterocycles. The van der Waals surface area contributed by atoms with E-state index in [-0.39, 0.29) is 0 Å². The summed E-state index contributed by atoms with van der Waals surface area (Å²) in [6, 6.07) is 7.19. The monoisotopic (exact) mass is 278 g/mol. The van der Waals surface area contributed by atoms with E-state index in [1.54, 1.807) is 7.11 Å². The highest BCUT2D eigenvalue weighted by Gasteiger charge is 2.16. The Balaban J connectivity index is 2.82. The highest BCUT2D eigenvalue weighted by Crippen LogP contribution is 2.17. The molecule has 3 nitrogen and oxygen atoms in total. The normalized spacial score (nSPS) is 11.6. The Labute approximate surface area is 124 Å². The standard InChI is InChI=1S/C17H30N2O/c1-5-17(6-2)19(9-10-20-4)13-16-8-7-15(12-18)11-14(16)3/h7-8,11,17H,5-6,9-10,12-13,18H2,1-4H3. The van der Waals surface area contributed by atoms with Crippen molar-refractivity contribution in [3.05, 3.63) is 34.9 Å². The predicted octanol–water partition coefficient (Wildman–Crippen LogP) is 3.09. The molecule has 0 saturated heterocycles. The third-order valence-electron chi connectivity index (χ3n) is 4.06. The number of ether oxygens (including phenoxy) is 1. The number of benzene rings is 1. The summed E-state index contributed by atoms with van der Waals surface area (Å²) < 4.78 is 5.26. The summed E-state index contributed by atoms with van der Waals surface area (Å²) >= 11 is 0. The number of methoxy groups -OCH3 is 1. The lowest BCUT2D eigenvalue weighted by Crippen LogP contribution is -2.36. The molecule has 0 radical (unpaired) electrons. The first kappa shape index (κ1) is 17.2. The lowest BCUT2D eigenvalue weighted by atomic mass is 10.0. The maximum absolute atomic E-state index is 5.70. The smallest absolute Gasteiger partial charge is 0.0589 e. The minimum absolute atomic E-state index is 0.612. The van der Waals surface area contributed by atoms with Crippen LogP contribution in [0.3, 0.4) is 0 Å². The molecule has 20 heavy (non-hydrogen) atoms. The first-order valence-corrected chi connectivity index (χ1v) is 7.67. The molecule has 114 valence electrons. The summed E-state index contributed by atoms with van der Waals surface area (Å²) in [5, 5.41) is 0. The number of aryl methyl sites for hydroxylation is 1. The second-order valence-corrected chi connectivity index (χ2v) is 5.40. The molecule has 0 saturated carbocycles. The Morgan fingerprint density at radius 3 is 2.45 bits per heavy atom. The number of nitrogens with two attached hydrogens (primary N) is 1. The second kappa shape index (κ2) is 9.11. The molecule has 0 unspecified atom stereocenters. The molecule has 2 N–H and O–H groups in total. The van der Waals surface area contributed by atoms with E-state index in [1.807, 2.05) is 0 Å². The summed E-state index contributed by atoms with van der Waals surface area (Å²) in [6.45, 7) is 10.1. The Morgan fingerprint density at radius 1 is 1.25 bits per heavy atom. The van der Waals surface area contributed by atoms with Crippen LogP contribution in [0.25, 0.3) is 0 Å². The van der Waals surface area contributed by atoms with Gasteiger partial charge in [0.05, 0.1) is 6.61 Å². The fourth-order valence-electron chi connectivity index (χ4n) is 2.69. The van der Waals surface area contributed by atoms with Gasteiger partial charge in [-0.2, -0.15) is 0 Å². The van der Waals surface area contributed by atoms with Gasteiger partial charge in [0.1, 0.15) is 0 Å². The van der Waals surface area contributed by atoms with Crippen LogP contribution in [0.1, 0.15) is 43.4 Å². The van der Waals surface area contributed by atoms with Crippen LogP contribution in [0.4, 0.5) is 0 Å². The number of rotatable bonds is 9. The van der Waals surface area contributed by atoms with Crippen molar-refractivity contribution in [2.75, 3.05) is 20.3 Å². The third kappa shape index (κ3) is 4.89. The van der Waals surface area contributed by atoms with Crippen LogP contribution in [0.5, 0.6) is 0 Å². The Bertz CT molecular complexity index is 389. The third-order valence-corrected chi connectivity index (χ3v) is 4.06. The van der Waals surface area contributed by atoms with Crippen LogP contribution in [-0.4, -0.2) is 31.2 Å². The van der Waals surface area contributed by atoms with Crippen molar-refractivity contribution in [2.45, 2.75) is 52.7 Å². The molecule has 0 aliphatic rings. The van der Waals surface area contributed by atoms with Crippen LogP contribution >= 0.6 is 0 Å². The fraction of sp³-hybridized carbons (Fsp3) is 0.647. The van der Waals surface area contributed by atoms with E-state index in [0.29, 0.717) is 12.6 Å². The number of hydrogen-bond donors (Lipinski definition) is 1. The largest absolute Gasteiger partial charge is 0.383 e. The van der Waals surface area contributed by atoms with Gasteiger partial charge in [-0.25, -0.2) is 0 Å². The Kier molecular flexibility index (Phi) is 7.82. The quantitative estimate of drug-likeness (QED) is 0.754. The fourth-order valence-corrected chi connectivity index (χ4v) is 2.69. The van der Waals surface area contributed by atoms with Gasteiger partial charge < -0.3 is 10.5 Å². The van der Waals surface area contributed by atoms with E-state index < -0.39 is 0 Å². The molecular formula is C17H30N2O. The number of hydrogen-bond acceptors (Lipinski definition) is 3. The lowest BCUT2D eigenvalue weighted by molar-refractivity contribution is 0.110. The molecule has 0 spiro atoms. The summed E-state index contributed by atoms with van der Waals surface area (Å²) in [6.07, 6.45) is 2.36. The SMILES string of the molecule is CCC(CC)N(CCOC)Cc1ccc(CN)cc1C. The average Bonchev–Trinajstić information content (AvgIpc) is 2.47. The van der Waals surface area contributed by atoms with Crippen LogP contribution in [-0.2, 0) is 17.8 Å². The second-order valence-electron chi connectivity index (χ2n) is 5.40. The van der Waals surface area contributed by atoms with Crippen molar-refractivity contribution in [3.63, 3.8) is 0 Å². The van der Waals surface area contributed by atoms with Crippen LogP contribution in [0.2, 0.25) is 0 Å². The minimum Gasteiger partial charge on any atom is -0.383 e. The van der Waals surface area contributed by atoms with Crippen molar-refractivity contribution in [2.24, 2.45) is 5.73 Å². The zero-order chi connectivity index (χ0) is 15.0.